The van der Waals surface area contributed by atoms with E-state index in [4.69, 9.17) is 0 Å². The van der Waals surface area contributed by atoms with Gasteiger partial charge in [0.25, 0.3) is 0 Å². The fraction of sp³-hybridized carbons (Fsp3) is 1.00. The van der Waals surface area contributed by atoms with Crippen LogP contribution in [0.4, 0.5) is 0 Å². The molecule has 0 aliphatic carbocycles. The molecule has 0 aliphatic rings. The largest absolute Gasteiger partial charge is 0.393 e. The minimum atomic E-state index is -0.0585. The second-order valence-electron chi connectivity index (χ2n) is 6.66. The lowest BCUT2D eigenvalue weighted by atomic mass is 9.93. The molecule has 122 valence electrons. The van der Waals surface area contributed by atoms with E-state index >= 15 is 0 Å². The lowest BCUT2D eigenvalue weighted by molar-refractivity contribution is 0.0985. The number of aliphatic hydroxyl groups excluding tert-OH is 1. The predicted octanol–water partition coefficient (Wildman–Crippen LogP) is 6.48. The minimum absolute atomic E-state index is 0.0585. The maximum atomic E-state index is 10.2. The second-order valence-corrected chi connectivity index (χ2v) is 6.66. The van der Waals surface area contributed by atoms with Gasteiger partial charge in [-0.05, 0) is 18.8 Å². The number of hydrogen-bond donors (Lipinski definition) is 1. The Morgan fingerprint density at radius 2 is 1.00 bits per heavy atom. The molecule has 1 heteroatoms. The van der Waals surface area contributed by atoms with Crippen molar-refractivity contribution in [3.05, 3.63) is 0 Å². The standard InChI is InChI=1S/C19H40O/c1-4-6-8-10-12-14-16-18(3)19(20)17-15-13-11-9-7-5-2/h18-20H,4-17H2,1-3H3. The molecule has 2 atom stereocenters. The van der Waals surface area contributed by atoms with Gasteiger partial charge in [0, 0.05) is 0 Å². The van der Waals surface area contributed by atoms with E-state index in [2.05, 4.69) is 20.8 Å². The average molecular weight is 285 g/mol. The van der Waals surface area contributed by atoms with E-state index in [9.17, 15) is 5.11 Å². The molecule has 0 spiro atoms. The van der Waals surface area contributed by atoms with Crippen LogP contribution in [0.2, 0.25) is 0 Å². The van der Waals surface area contributed by atoms with Crippen LogP contribution in [-0.2, 0) is 0 Å². The van der Waals surface area contributed by atoms with Crippen LogP contribution in [0.15, 0.2) is 0 Å². The summed E-state index contributed by atoms with van der Waals surface area (Å²) in [7, 11) is 0. The van der Waals surface area contributed by atoms with E-state index in [0.717, 1.165) is 6.42 Å². The molecule has 0 aromatic carbocycles. The molecule has 0 radical (unpaired) electrons. The highest BCUT2D eigenvalue weighted by Gasteiger charge is 2.13. The highest BCUT2D eigenvalue weighted by atomic mass is 16.3. The molecular formula is C19H40O. The highest BCUT2D eigenvalue weighted by molar-refractivity contribution is 4.65. The highest BCUT2D eigenvalue weighted by Crippen LogP contribution is 2.19. The number of unbranched alkanes of at least 4 members (excludes halogenated alkanes) is 10. The molecule has 2 unspecified atom stereocenters. The average Bonchev–Trinajstić information content (AvgIpc) is 2.45. The number of rotatable bonds is 15. The summed E-state index contributed by atoms with van der Waals surface area (Å²) in [5, 5.41) is 10.2. The summed E-state index contributed by atoms with van der Waals surface area (Å²) in [5.74, 6) is 0.497. The van der Waals surface area contributed by atoms with Crippen molar-refractivity contribution in [3.8, 4) is 0 Å². The van der Waals surface area contributed by atoms with Gasteiger partial charge in [-0.1, -0.05) is 97.8 Å². The Labute approximate surface area is 128 Å². The van der Waals surface area contributed by atoms with Crippen LogP contribution in [0.25, 0.3) is 0 Å². The first kappa shape index (κ1) is 20.0. The van der Waals surface area contributed by atoms with E-state index in [-0.39, 0.29) is 6.10 Å². The van der Waals surface area contributed by atoms with Crippen LogP contribution in [0.5, 0.6) is 0 Å². The topological polar surface area (TPSA) is 20.2 Å². The third-order valence-electron chi connectivity index (χ3n) is 4.52. The van der Waals surface area contributed by atoms with E-state index in [1.807, 2.05) is 0 Å². The third-order valence-corrected chi connectivity index (χ3v) is 4.52. The SMILES string of the molecule is CCCCCCCCC(C)C(O)CCCCCCCC. The van der Waals surface area contributed by atoms with E-state index in [1.165, 1.54) is 83.5 Å². The molecule has 20 heavy (non-hydrogen) atoms. The van der Waals surface area contributed by atoms with Gasteiger partial charge in [-0.15, -0.1) is 0 Å². The van der Waals surface area contributed by atoms with Crippen molar-refractivity contribution < 1.29 is 5.11 Å². The second kappa shape index (κ2) is 15.4. The summed E-state index contributed by atoms with van der Waals surface area (Å²) >= 11 is 0. The lowest BCUT2D eigenvalue weighted by Gasteiger charge is -2.18. The van der Waals surface area contributed by atoms with E-state index < -0.39 is 0 Å². The molecule has 1 N–H and O–H groups in total. The van der Waals surface area contributed by atoms with Crippen LogP contribution >= 0.6 is 0 Å². The fourth-order valence-electron chi connectivity index (χ4n) is 2.86. The molecule has 1 nitrogen and oxygen atoms in total. The Morgan fingerprint density at radius 1 is 0.600 bits per heavy atom. The molecule has 0 fully saturated rings. The van der Waals surface area contributed by atoms with Crippen molar-refractivity contribution in [1.82, 2.24) is 0 Å². The first-order valence-corrected chi connectivity index (χ1v) is 9.40. The zero-order valence-corrected chi connectivity index (χ0v) is 14.5. The maximum Gasteiger partial charge on any atom is 0.0565 e. The number of aliphatic hydroxyl groups is 1. The van der Waals surface area contributed by atoms with E-state index in [1.54, 1.807) is 0 Å². The fourth-order valence-corrected chi connectivity index (χ4v) is 2.86. The maximum absolute atomic E-state index is 10.2. The van der Waals surface area contributed by atoms with Crippen molar-refractivity contribution in [2.24, 2.45) is 5.92 Å². The summed E-state index contributed by atoms with van der Waals surface area (Å²) in [5.41, 5.74) is 0. The Morgan fingerprint density at radius 3 is 1.50 bits per heavy atom. The normalized spacial score (nSPS) is 14.4. The first-order chi connectivity index (χ1) is 9.72. The summed E-state index contributed by atoms with van der Waals surface area (Å²) in [6.45, 7) is 6.75. The van der Waals surface area contributed by atoms with Gasteiger partial charge in [-0.3, -0.25) is 0 Å². The summed E-state index contributed by atoms with van der Waals surface area (Å²) < 4.78 is 0. The quantitative estimate of drug-likeness (QED) is 0.341. The zero-order valence-electron chi connectivity index (χ0n) is 14.5. The van der Waals surface area contributed by atoms with Crippen LogP contribution in [-0.4, -0.2) is 11.2 Å². The molecule has 0 amide bonds. The van der Waals surface area contributed by atoms with E-state index in [0.29, 0.717) is 5.92 Å². The van der Waals surface area contributed by atoms with Gasteiger partial charge in [0.15, 0.2) is 0 Å². The van der Waals surface area contributed by atoms with Crippen molar-refractivity contribution >= 4 is 0 Å². The van der Waals surface area contributed by atoms with Gasteiger partial charge in [-0.2, -0.15) is 0 Å². The molecule has 0 heterocycles. The molecule has 0 saturated heterocycles. The predicted molar refractivity (Wildman–Crippen MR) is 91.2 cm³/mol. The molecule has 0 aromatic heterocycles. The molecule has 0 aromatic rings. The van der Waals surface area contributed by atoms with Crippen LogP contribution in [0.3, 0.4) is 0 Å². The molecule has 0 bridgehead atoms. The Balaban J connectivity index is 3.35. The molecule has 0 aliphatic heterocycles. The van der Waals surface area contributed by atoms with Crippen molar-refractivity contribution in [3.63, 3.8) is 0 Å². The zero-order chi connectivity index (χ0) is 15.1. The van der Waals surface area contributed by atoms with Gasteiger partial charge in [-0.25, -0.2) is 0 Å². The summed E-state index contributed by atoms with van der Waals surface area (Å²) in [4.78, 5) is 0. The molecule has 0 saturated carbocycles. The monoisotopic (exact) mass is 284 g/mol. The third kappa shape index (κ3) is 13.0. The van der Waals surface area contributed by atoms with Gasteiger partial charge >= 0.3 is 0 Å². The van der Waals surface area contributed by atoms with Gasteiger partial charge in [0.1, 0.15) is 0 Å². The van der Waals surface area contributed by atoms with Crippen molar-refractivity contribution in [2.45, 2.75) is 117 Å². The van der Waals surface area contributed by atoms with Gasteiger partial charge < -0.3 is 5.11 Å². The van der Waals surface area contributed by atoms with Crippen LogP contribution < -0.4 is 0 Å². The number of hydrogen-bond acceptors (Lipinski definition) is 1. The van der Waals surface area contributed by atoms with Crippen LogP contribution in [0, 0.1) is 5.92 Å². The Kier molecular flexibility index (Phi) is 15.3. The summed E-state index contributed by atoms with van der Waals surface area (Å²) in [6, 6.07) is 0. The smallest absolute Gasteiger partial charge is 0.0565 e. The first-order valence-electron chi connectivity index (χ1n) is 9.40. The summed E-state index contributed by atoms with van der Waals surface area (Å²) in [6.07, 6.45) is 18.3. The Bertz CT molecular complexity index is 159. The van der Waals surface area contributed by atoms with Crippen molar-refractivity contribution in [1.29, 1.82) is 0 Å². The minimum Gasteiger partial charge on any atom is -0.393 e. The van der Waals surface area contributed by atoms with Gasteiger partial charge in [0.2, 0.25) is 0 Å². The molecule has 0 rings (SSSR count). The van der Waals surface area contributed by atoms with Gasteiger partial charge in [0.05, 0.1) is 6.10 Å². The Hall–Kier alpha value is -0.0400. The molecular weight excluding hydrogens is 244 g/mol. The van der Waals surface area contributed by atoms with Crippen molar-refractivity contribution in [2.75, 3.05) is 0 Å². The lowest BCUT2D eigenvalue weighted by Crippen LogP contribution is -2.17. The van der Waals surface area contributed by atoms with Crippen LogP contribution in [0.1, 0.15) is 111 Å².